The summed E-state index contributed by atoms with van der Waals surface area (Å²) in [6.07, 6.45) is 0.506. The van der Waals surface area contributed by atoms with Crippen molar-refractivity contribution in [3.05, 3.63) is 64.3 Å². The van der Waals surface area contributed by atoms with Crippen LogP contribution in [0.25, 0.3) is 5.69 Å². The number of benzene rings is 2. The summed E-state index contributed by atoms with van der Waals surface area (Å²) in [6, 6.07) is 13.3. The molecule has 0 aliphatic carbocycles. The lowest BCUT2D eigenvalue weighted by Gasteiger charge is -2.02. The van der Waals surface area contributed by atoms with E-state index in [1.165, 1.54) is 23.9 Å². The Labute approximate surface area is 154 Å². The predicted octanol–water partition coefficient (Wildman–Crippen LogP) is 4.47. The summed E-state index contributed by atoms with van der Waals surface area (Å²) in [4.78, 5) is 10.7. The van der Waals surface area contributed by atoms with Gasteiger partial charge in [-0.05, 0) is 30.7 Å². The molecule has 138 valence electrons. The van der Waals surface area contributed by atoms with Crippen molar-refractivity contribution in [3.63, 3.8) is 0 Å². The molecule has 0 aliphatic heterocycles. The molecule has 0 unspecified atom stereocenters. The number of nitrogens with zero attached hydrogens (tertiary/aromatic N) is 5. The molecule has 9 nitrogen and oxygen atoms in total. The fourth-order valence-electron chi connectivity index (χ4n) is 2.50. The molecule has 2 aromatic carbocycles. The van der Waals surface area contributed by atoms with Gasteiger partial charge >= 0.3 is 0 Å². The van der Waals surface area contributed by atoms with E-state index >= 15 is 0 Å². The number of ether oxygens (including phenoxy) is 1. The van der Waals surface area contributed by atoms with Crippen LogP contribution in [0.3, 0.4) is 0 Å². The molecule has 3 rings (SSSR count). The molecule has 0 aliphatic rings. The highest BCUT2D eigenvalue weighted by molar-refractivity contribution is 5.61. The van der Waals surface area contributed by atoms with Gasteiger partial charge in [0.25, 0.3) is 5.69 Å². The number of methoxy groups -OCH3 is 1. The van der Waals surface area contributed by atoms with Crippen molar-refractivity contribution in [3.8, 4) is 17.3 Å². The Bertz CT molecular complexity index is 998. The van der Waals surface area contributed by atoms with Gasteiger partial charge in [-0.25, -0.2) is 0 Å². The standard InChI is InChI=1S/C18H17N5O4/c1-3-14-17(18(24)22(21-14)12-7-5-4-6-8-12)20-19-15-10-9-13(27-2)11-16(15)23(25)26/h4-11,24H,3H2,1-2H3/b20-19+. The highest BCUT2D eigenvalue weighted by atomic mass is 16.6. The predicted molar refractivity (Wildman–Crippen MR) is 98.4 cm³/mol. The van der Waals surface area contributed by atoms with Crippen molar-refractivity contribution in [1.82, 2.24) is 9.78 Å². The fourth-order valence-corrected chi connectivity index (χ4v) is 2.50. The molecule has 1 aromatic heterocycles. The van der Waals surface area contributed by atoms with Crippen LogP contribution in [-0.2, 0) is 6.42 Å². The molecular weight excluding hydrogens is 350 g/mol. The van der Waals surface area contributed by atoms with Gasteiger partial charge in [0.05, 0.1) is 29.5 Å². The SMILES string of the molecule is CCc1nn(-c2ccccc2)c(O)c1/N=N/c1ccc(OC)cc1[N+](=O)[O-]. The highest BCUT2D eigenvalue weighted by Gasteiger charge is 2.19. The zero-order chi connectivity index (χ0) is 19.4. The van der Waals surface area contributed by atoms with Crippen LogP contribution in [0.1, 0.15) is 12.6 Å². The summed E-state index contributed by atoms with van der Waals surface area (Å²) in [5, 5.41) is 34.1. The first-order valence-corrected chi connectivity index (χ1v) is 8.15. The number of aromatic nitrogens is 2. The van der Waals surface area contributed by atoms with Crippen molar-refractivity contribution < 1.29 is 14.8 Å². The molecule has 9 heteroatoms. The first-order valence-electron chi connectivity index (χ1n) is 8.15. The number of rotatable bonds is 6. The first kappa shape index (κ1) is 18.1. The summed E-state index contributed by atoms with van der Waals surface area (Å²) < 4.78 is 6.36. The summed E-state index contributed by atoms with van der Waals surface area (Å²) >= 11 is 0. The van der Waals surface area contributed by atoms with Crippen LogP contribution in [0.15, 0.2) is 58.8 Å². The van der Waals surface area contributed by atoms with E-state index in [0.29, 0.717) is 23.6 Å². The van der Waals surface area contributed by atoms with Gasteiger partial charge in [0.2, 0.25) is 5.88 Å². The van der Waals surface area contributed by atoms with E-state index in [1.54, 1.807) is 18.2 Å². The van der Waals surface area contributed by atoms with Crippen LogP contribution >= 0.6 is 0 Å². The number of nitro benzene ring substituents is 1. The number of azo groups is 1. The van der Waals surface area contributed by atoms with Crippen LogP contribution in [0, 0.1) is 10.1 Å². The van der Waals surface area contributed by atoms with Crippen molar-refractivity contribution in [1.29, 1.82) is 0 Å². The Morgan fingerprint density at radius 2 is 1.96 bits per heavy atom. The molecule has 0 saturated carbocycles. The number of aryl methyl sites for hydroxylation is 1. The molecule has 0 fully saturated rings. The second-order valence-electron chi connectivity index (χ2n) is 5.53. The van der Waals surface area contributed by atoms with Gasteiger partial charge in [0, 0.05) is 0 Å². The summed E-state index contributed by atoms with van der Waals surface area (Å²) in [7, 11) is 1.42. The van der Waals surface area contributed by atoms with E-state index in [4.69, 9.17) is 4.74 Å². The van der Waals surface area contributed by atoms with Crippen molar-refractivity contribution in [2.45, 2.75) is 13.3 Å². The lowest BCUT2D eigenvalue weighted by molar-refractivity contribution is -0.384. The van der Waals surface area contributed by atoms with Crippen LogP contribution in [0.4, 0.5) is 17.1 Å². The van der Waals surface area contributed by atoms with Gasteiger partial charge in [0.1, 0.15) is 5.75 Å². The minimum absolute atomic E-state index is 0.0507. The van der Waals surface area contributed by atoms with Gasteiger partial charge in [-0.2, -0.15) is 9.78 Å². The van der Waals surface area contributed by atoms with Gasteiger partial charge in [-0.3, -0.25) is 10.1 Å². The van der Waals surface area contributed by atoms with Gasteiger partial charge < -0.3 is 9.84 Å². The number of hydrogen-bond donors (Lipinski definition) is 1. The Kier molecular flexibility index (Phi) is 5.11. The number of aromatic hydroxyl groups is 1. The van der Waals surface area contributed by atoms with E-state index in [2.05, 4.69) is 15.3 Å². The van der Waals surface area contributed by atoms with Crippen LogP contribution < -0.4 is 4.74 Å². The maximum atomic E-state index is 11.3. The highest BCUT2D eigenvalue weighted by Crippen LogP contribution is 2.37. The van der Waals surface area contributed by atoms with Gasteiger partial charge in [-0.1, -0.05) is 25.1 Å². The average molecular weight is 367 g/mol. The first-order chi connectivity index (χ1) is 13.0. The molecule has 0 spiro atoms. The fraction of sp³-hybridized carbons (Fsp3) is 0.167. The second kappa shape index (κ2) is 7.65. The smallest absolute Gasteiger partial charge is 0.300 e. The molecule has 27 heavy (non-hydrogen) atoms. The van der Waals surface area contributed by atoms with E-state index in [0.717, 1.165) is 0 Å². The van der Waals surface area contributed by atoms with Crippen LogP contribution in [0.2, 0.25) is 0 Å². The van der Waals surface area contributed by atoms with E-state index in [9.17, 15) is 15.2 Å². The monoisotopic (exact) mass is 367 g/mol. The molecule has 0 radical (unpaired) electrons. The average Bonchev–Trinajstić information content (AvgIpc) is 3.02. The Balaban J connectivity index is 2.03. The Morgan fingerprint density at radius 1 is 1.22 bits per heavy atom. The largest absolute Gasteiger partial charge is 0.496 e. The Hall–Kier alpha value is -3.75. The van der Waals surface area contributed by atoms with E-state index < -0.39 is 4.92 Å². The second-order valence-corrected chi connectivity index (χ2v) is 5.53. The quantitative estimate of drug-likeness (QED) is 0.392. The van der Waals surface area contributed by atoms with Crippen molar-refractivity contribution in [2.75, 3.05) is 7.11 Å². The third-order valence-electron chi connectivity index (χ3n) is 3.88. The maximum absolute atomic E-state index is 11.3. The summed E-state index contributed by atoms with van der Waals surface area (Å²) in [5.74, 6) is 0.160. The van der Waals surface area contributed by atoms with E-state index in [-0.39, 0.29) is 22.9 Å². The third kappa shape index (κ3) is 3.61. The molecule has 0 atom stereocenters. The molecule has 0 bridgehead atoms. The van der Waals surface area contributed by atoms with Gasteiger partial charge in [-0.15, -0.1) is 10.2 Å². The molecule has 1 N–H and O–H groups in total. The molecule has 1 heterocycles. The molecule has 0 saturated heterocycles. The normalized spacial score (nSPS) is 11.0. The minimum atomic E-state index is -0.565. The Morgan fingerprint density at radius 3 is 2.59 bits per heavy atom. The third-order valence-corrected chi connectivity index (χ3v) is 3.88. The summed E-state index contributed by atoms with van der Waals surface area (Å²) in [6.45, 7) is 1.87. The van der Waals surface area contributed by atoms with Crippen LogP contribution in [0.5, 0.6) is 11.6 Å². The summed E-state index contributed by atoms with van der Waals surface area (Å²) in [5.41, 5.74) is 1.17. The maximum Gasteiger partial charge on any atom is 0.300 e. The zero-order valence-electron chi connectivity index (χ0n) is 14.7. The van der Waals surface area contributed by atoms with Crippen molar-refractivity contribution in [2.24, 2.45) is 10.2 Å². The lowest BCUT2D eigenvalue weighted by Crippen LogP contribution is -1.95. The minimum Gasteiger partial charge on any atom is -0.496 e. The molecule has 0 amide bonds. The lowest BCUT2D eigenvalue weighted by atomic mass is 10.2. The zero-order valence-corrected chi connectivity index (χ0v) is 14.7. The van der Waals surface area contributed by atoms with Crippen LogP contribution in [-0.4, -0.2) is 26.9 Å². The van der Waals surface area contributed by atoms with E-state index in [1.807, 2.05) is 25.1 Å². The topological polar surface area (TPSA) is 115 Å². The number of nitro groups is 1. The van der Waals surface area contributed by atoms with Gasteiger partial charge in [0.15, 0.2) is 11.4 Å². The molecule has 3 aromatic rings. The number of hydrogen-bond acceptors (Lipinski definition) is 7. The molecular formula is C18H17N5O4. The number of para-hydroxylation sites is 1. The van der Waals surface area contributed by atoms with Crippen molar-refractivity contribution >= 4 is 17.1 Å².